The fourth-order valence-electron chi connectivity index (χ4n) is 1.49. The Labute approximate surface area is 90.2 Å². The predicted molar refractivity (Wildman–Crippen MR) is 62.1 cm³/mol. The van der Waals surface area contributed by atoms with E-state index in [1.165, 1.54) is 0 Å². The second-order valence-corrected chi connectivity index (χ2v) is 3.99. The van der Waals surface area contributed by atoms with Gasteiger partial charge in [0.15, 0.2) is 0 Å². The van der Waals surface area contributed by atoms with Crippen molar-refractivity contribution in [1.82, 2.24) is 14.5 Å². The van der Waals surface area contributed by atoms with Crippen LogP contribution >= 0.6 is 0 Å². The largest absolute Gasteiger partial charge is 0.328 e. The molecule has 0 spiro atoms. The SMILES string of the molecule is C=C(CNC)Cn1ccn(C(C)C)c1=O. The minimum atomic E-state index is 0.0299. The van der Waals surface area contributed by atoms with Crippen molar-refractivity contribution in [3.63, 3.8) is 0 Å². The molecular weight excluding hydrogens is 190 g/mol. The third-order valence-electron chi connectivity index (χ3n) is 2.25. The van der Waals surface area contributed by atoms with Gasteiger partial charge < -0.3 is 5.32 Å². The van der Waals surface area contributed by atoms with Crippen molar-refractivity contribution in [3.05, 3.63) is 35.0 Å². The Morgan fingerprint density at radius 1 is 1.53 bits per heavy atom. The van der Waals surface area contributed by atoms with Crippen molar-refractivity contribution < 1.29 is 0 Å². The van der Waals surface area contributed by atoms with Crippen molar-refractivity contribution in [1.29, 1.82) is 0 Å². The maximum Gasteiger partial charge on any atom is 0.328 e. The Kier molecular flexibility index (Phi) is 3.91. The van der Waals surface area contributed by atoms with Gasteiger partial charge in [-0.2, -0.15) is 0 Å². The molecule has 1 aromatic rings. The van der Waals surface area contributed by atoms with Crippen LogP contribution < -0.4 is 11.0 Å². The second-order valence-electron chi connectivity index (χ2n) is 3.99. The quantitative estimate of drug-likeness (QED) is 0.735. The maximum absolute atomic E-state index is 11.8. The minimum absolute atomic E-state index is 0.0299. The summed E-state index contributed by atoms with van der Waals surface area (Å²) >= 11 is 0. The lowest BCUT2D eigenvalue weighted by Gasteiger charge is -2.06. The first-order chi connectivity index (χ1) is 7.06. The van der Waals surface area contributed by atoms with E-state index >= 15 is 0 Å². The highest BCUT2D eigenvalue weighted by Crippen LogP contribution is 2.00. The topological polar surface area (TPSA) is 39.0 Å². The van der Waals surface area contributed by atoms with Crippen molar-refractivity contribution in [2.75, 3.05) is 13.6 Å². The van der Waals surface area contributed by atoms with Gasteiger partial charge >= 0.3 is 5.69 Å². The molecule has 0 fully saturated rings. The number of likely N-dealkylation sites (N-methyl/N-ethyl adjacent to an activating group) is 1. The Morgan fingerprint density at radius 2 is 2.20 bits per heavy atom. The average molecular weight is 209 g/mol. The van der Waals surface area contributed by atoms with E-state index in [2.05, 4.69) is 11.9 Å². The van der Waals surface area contributed by atoms with Crippen LogP contribution in [0.2, 0.25) is 0 Å². The van der Waals surface area contributed by atoms with Crippen LogP contribution in [0.5, 0.6) is 0 Å². The molecule has 1 rings (SSSR count). The summed E-state index contributed by atoms with van der Waals surface area (Å²) in [4.78, 5) is 11.8. The third-order valence-corrected chi connectivity index (χ3v) is 2.25. The van der Waals surface area contributed by atoms with Crippen LogP contribution in [0.4, 0.5) is 0 Å². The molecule has 15 heavy (non-hydrogen) atoms. The smallest absolute Gasteiger partial charge is 0.316 e. The van der Waals surface area contributed by atoms with E-state index in [4.69, 9.17) is 0 Å². The summed E-state index contributed by atoms with van der Waals surface area (Å²) in [5, 5.41) is 3.02. The van der Waals surface area contributed by atoms with E-state index in [-0.39, 0.29) is 11.7 Å². The van der Waals surface area contributed by atoms with Crippen molar-refractivity contribution in [3.8, 4) is 0 Å². The normalized spacial score (nSPS) is 10.9. The molecule has 0 aliphatic heterocycles. The molecule has 0 aliphatic rings. The summed E-state index contributed by atoms with van der Waals surface area (Å²) in [6.45, 7) is 9.21. The summed E-state index contributed by atoms with van der Waals surface area (Å²) in [7, 11) is 1.87. The number of hydrogen-bond donors (Lipinski definition) is 1. The second kappa shape index (κ2) is 4.98. The Morgan fingerprint density at radius 3 is 2.67 bits per heavy atom. The zero-order valence-corrected chi connectivity index (χ0v) is 9.66. The van der Waals surface area contributed by atoms with Gasteiger partial charge in [0, 0.05) is 31.5 Å². The molecule has 0 bridgehead atoms. The first-order valence-corrected chi connectivity index (χ1v) is 5.14. The molecule has 0 atom stereocenters. The molecule has 84 valence electrons. The molecule has 1 N–H and O–H groups in total. The van der Waals surface area contributed by atoms with Gasteiger partial charge in [0.25, 0.3) is 0 Å². The number of imidazole rings is 1. The van der Waals surface area contributed by atoms with E-state index in [1.54, 1.807) is 9.13 Å². The van der Waals surface area contributed by atoms with E-state index in [0.29, 0.717) is 6.54 Å². The zero-order valence-electron chi connectivity index (χ0n) is 9.66. The molecule has 0 saturated heterocycles. The molecule has 0 unspecified atom stereocenters. The molecule has 0 aliphatic carbocycles. The summed E-state index contributed by atoms with van der Waals surface area (Å²) in [5.74, 6) is 0. The van der Waals surface area contributed by atoms with Gasteiger partial charge in [-0.1, -0.05) is 6.58 Å². The van der Waals surface area contributed by atoms with Gasteiger partial charge in [0.1, 0.15) is 0 Å². The third kappa shape index (κ3) is 2.83. The lowest BCUT2D eigenvalue weighted by molar-refractivity contribution is 0.558. The average Bonchev–Trinajstić information content (AvgIpc) is 2.48. The Balaban J connectivity index is 2.79. The van der Waals surface area contributed by atoms with Crippen molar-refractivity contribution in [2.24, 2.45) is 0 Å². The molecule has 0 radical (unpaired) electrons. The lowest BCUT2D eigenvalue weighted by atomic mass is 10.3. The molecule has 1 aromatic heterocycles. The molecule has 0 saturated carbocycles. The molecular formula is C11H19N3O. The van der Waals surface area contributed by atoms with Gasteiger partial charge in [0.2, 0.25) is 0 Å². The number of hydrogen-bond acceptors (Lipinski definition) is 2. The fraction of sp³-hybridized carbons (Fsp3) is 0.545. The first-order valence-electron chi connectivity index (χ1n) is 5.14. The fourth-order valence-corrected chi connectivity index (χ4v) is 1.49. The predicted octanol–water partition coefficient (Wildman–Crippen LogP) is 1.01. The molecule has 0 amide bonds. The van der Waals surface area contributed by atoms with E-state index in [1.807, 2.05) is 33.3 Å². The first kappa shape index (κ1) is 11.8. The monoisotopic (exact) mass is 209 g/mol. The van der Waals surface area contributed by atoms with Crippen LogP contribution in [0, 0.1) is 0 Å². The number of nitrogens with one attached hydrogen (secondary N) is 1. The van der Waals surface area contributed by atoms with E-state index < -0.39 is 0 Å². The van der Waals surface area contributed by atoms with Crippen LogP contribution in [0.1, 0.15) is 19.9 Å². The number of aromatic nitrogens is 2. The Bertz CT molecular complexity index is 387. The van der Waals surface area contributed by atoms with Crippen LogP contribution in [-0.4, -0.2) is 22.7 Å². The minimum Gasteiger partial charge on any atom is -0.316 e. The van der Waals surface area contributed by atoms with Gasteiger partial charge in [-0.25, -0.2) is 4.79 Å². The van der Waals surface area contributed by atoms with Crippen LogP contribution in [0.15, 0.2) is 29.3 Å². The van der Waals surface area contributed by atoms with Crippen LogP contribution in [-0.2, 0) is 6.54 Å². The number of rotatable bonds is 5. The van der Waals surface area contributed by atoms with Crippen LogP contribution in [0.3, 0.4) is 0 Å². The van der Waals surface area contributed by atoms with Crippen molar-refractivity contribution in [2.45, 2.75) is 26.4 Å². The summed E-state index contributed by atoms with van der Waals surface area (Å²) in [6.07, 6.45) is 3.63. The van der Waals surface area contributed by atoms with Gasteiger partial charge in [-0.3, -0.25) is 9.13 Å². The van der Waals surface area contributed by atoms with Gasteiger partial charge in [-0.05, 0) is 26.5 Å². The van der Waals surface area contributed by atoms with Gasteiger partial charge in [-0.15, -0.1) is 0 Å². The molecule has 4 heteroatoms. The summed E-state index contributed by atoms with van der Waals surface area (Å²) in [6, 6.07) is 0.205. The highest BCUT2D eigenvalue weighted by Gasteiger charge is 2.06. The summed E-state index contributed by atoms with van der Waals surface area (Å²) in [5.41, 5.74) is 1.03. The van der Waals surface area contributed by atoms with Crippen LogP contribution in [0.25, 0.3) is 0 Å². The molecule has 0 aromatic carbocycles. The summed E-state index contributed by atoms with van der Waals surface area (Å²) < 4.78 is 3.40. The molecule has 4 nitrogen and oxygen atoms in total. The highest BCUT2D eigenvalue weighted by molar-refractivity contribution is 4.98. The van der Waals surface area contributed by atoms with E-state index in [0.717, 1.165) is 12.1 Å². The van der Waals surface area contributed by atoms with Crippen molar-refractivity contribution >= 4 is 0 Å². The number of nitrogens with zero attached hydrogens (tertiary/aromatic N) is 2. The standard InChI is InChI=1S/C11H19N3O/c1-9(2)14-6-5-13(11(14)15)8-10(3)7-12-4/h5-6,9,12H,3,7-8H2,1-2,4H3. The maximum atomic E-state index is 11.8. The van der Waals surface area contributed by atoms with E-state index in [9.17, 15) is 4.79 Å². The van der Waals surface area contributed by atoms with Gasteiger partial charge in [0.05, 0.1) is 0 Å². The molecule has 1 heterocycles. The highest BCUT2D eigenvalue weighted by atomic mass is 16.1. The lowest BCUT2D eigenvalue weighted by Crippen LogP contribution is -2.26. The zero-order chi connectivity index (χ0) is 11.4. The Hall–Kier alpha value is -1.29.